The van der Waals surface area contributed by atoms with Crippen LogP contribution in [0.15, 0.2) is 0 Å². The molecule has 0 saturated carbocycles. The molecule has 0 aromatic heterocycles. The molecule has 2 unspecified atom stereocenters. The predicted molar refractivity (Wildman–Crippen MR) is 61.8 cm³/mol. The van der Waals surface area contributed by atoms with E-state index >= 15 is 0 Å². The summed E-state index contributed by atoms with van der Waals surface area (Å²) in [5, 5.41) is 6.11. The van der Waals surface area contributed by atoms with E-state index in [2.05, 4.69) is 10.6 Å². The highest BCUT2D eigenvalue weighted by Gasteiger charge is 2.24. The lowest BCUT2D eigenvalue weighted by Crippen LogP contribution is -2.54. The first-order chi connectivity index (χ1) is 7.36. The number of carbonyl (C=O) groups excluding carboxylic acids is 1. The van der Waals surface area contributed by atoms with E-state index in [0.29, 0.717) is 19.8 Å². The molecule has 0 aliphatic carbocycles. The first kappa shape index (κ1) is 13.7. The molecule has 2 fully saturated rings. The topological polar surface area (TPSA) is 59.6 Å². The van der Waals surface area contributed by atoms with Gasteiger partial charge < -0.3 is 20.1 Å². The van der Waals surface area contributed by atoms with E-state index in [0.717, 1.165) is 26.0 Å². The van der Waals surface area contributed by atoms with Crippen molar-refractivity contribution >= 4 is 18.3 Å². The van der Waals surface area contributed by atoms with Crippen LogP contribution in [0.1, 0.15) is 12.8 Å². The summed E-state index contributed by atoms with van der Waals surface area (Å²) in [6, 6.07) is -0.0179. The summed E-state index contributed by atoms with van der Waals surface area (Å²) in [5.41, 5.74) is 0. The largest absolute Gasteiger partial charge is 0.379 e. The quantitative estimate of drug-likeness (QED) is 0.706. The van der Waals surface area contributed by atoms with Crippen molar-refractivity contribution in [3.63, 3.8) is 0 Å². The van der Waals surface area contributed by atoms with Crippen molar-refractivity contribution in [3.8, 4) is 0 Å². The van der Waals surface area contributed by atoms with Crippen molar-refractivity contribution in [1.82, 2.24) is 10.6 Å². The van der Waals surface area contributed by atoms with Gasteiger partial charge in [-0.05, 0) is 12.8 Å². The Hall–Kier alpha value is -0.360. The minimum absolute atomic E-state index is 0. The van der Waals surface area contributed by atoms with E-state index in [4.69, 9.17) is 9.47 Å². The Morgan fingerprint density at radius 1 is 1.25 bits per heavy atom. The van der Waals surface area contributed by atoms with Gasteiger partial charge >= 0.3 is 0 Å². The van der Waals surface area contributed by atoms with Crippen LogP contribution in [0.4, 0.5) is 0 Å². The molecule has 1 amide bonds. The number of amides is 1. The second kappa shape index (κ2) is 7.06. The first-order valence-corrected chi connectivity index (χ1v) is 5.55. The fourth-order valence-corrected chi connectivity index (χ4v) is 1.89. The van der Waals surface area contributed by atoms with Crippen LogP contribution >= 0.6 is 12.4 Å². The Kier molecular flexibility index (Phi) is 6.05. The number of hydrogen-bond donors (Lipinski definition) is 2. The summed E-state index contributed by atoms with van der Waals surface area (Å²) in [6.45, 7) is 3.37. The van der Waals surface area contributed by atoms with Crippen LogP contribution in [0.5, 0.6) is 0 Å². The molecule has 2 atom stereocenters. The maximum atomic E-state index is 11.8. The zero-order valence-electron chi connectivity index (χ0n) is 9.24. The van der Waals surface area contributed by atoms with Crippen LogP contribution in [0.25, 0.3) is 0 Å². The van der Waals surface area contributed by atoms with Gasteiger partial charge in [0.1, 0.15) is 6.04 Å². The summed E-state index contributed by atoms with van der Waals surface area (Å²) in [4.78, 5) is 11.8. The molecule has 2 N–H and O–H groups in total. The third kappa shape index (κ3) is 3.90. The Bertz CT molecular complexity index is 216. The summed E-state index contributed by atoms with van der Waals surface area (Å²) >= 11 is 0. The monoisotopic (exact) mass is 250 g/mol. The van der Waals surface area contributed by atoms with Crippen LogP contribution in [0.3, 0.4) is 0 Å². The highest BCUT2D eigenvalue weighted by atomic mass is 35.5. The Balaban J connectivity index is 0.00000128. The number of hydrogen-bond acceptors (Lipinski definition) is 4. The molecular formula is C10H19ClN2O3. The standard InChI is InChI=1S/C10H18N2O3.ClH/c13-10(9-7-15-5-3-11-9)12-8-2-1-4-14-6-8;/h8-9,11H,1-7H2,(H,12,13);1H. The maximum absolute atomic E-state index is 11.8. The molecule has 0 spiro atoms. The Morgan fingerprint density at radius 2 is 2.06 bits per heavy atom. The van der Waals surface area contributed by atoms with E-state index in [9.17, 15) is 4.79 Å². The van der Waals surface area contributed by atoms with Gasteiger partial charge in [-0.15, -0.1) is 12.4 Å². The minimum Gasteiger partial charge on any atom is -0.379 e. The molecule has 0 aromatic carbocycles. The normalized spacial score (nSPS) is 30.2. The maximum Gasteiger partial charge on any atom is 0.239 e. The van der Waals surface area contributed by atoms with Gasteiger partial charge in [0.05, 0.1) is 25.9 Å². The molecule has 16 heavy (non-hydrogen) atoms. The lowest BCUT2D eigenvalue weighted by Gasteiger charge is -2.27. The SMILES string of the molecule is Cl.O=C(NC1CCCOC1)C1COCCN1. The van der Waals surface area contributed by atoms with Gasteiger partial charge in [-0.1, -0.05) is 0 Å². The third-order valence-electron chi connectivity index (χ3n) is 2.74. The second-order valence-corrected chi connectivity index (χ2v) is 4.00. The average Bonchev–Trinajstić information content (AvgIpc) is 2.31. The molecule has 2 aliphatic rings. The molecule has 5 nitrogen and oxygen atoms in total. The van der Waals surface area contributed by atoms with E-state index in [1.54, 1.807) is 0 Å². The minimum atomic E-state index is -0.194. The molecule has 2 rings (SSSR count). The number of ether oxygens (including phenoxy) is 2. The first-order valence-electron chi connectivity index (χ1n) is 5.55. The van der Waals surface area contributed by atoms with Crippen molar-refractivity contribution in [2.45, 2.75) is 24.9 Å². The van der Waals surface area contributed by atoms with Crippen molar-refractivity contribution in [2.24, 2.45) is 0 Å². The second-order valence-electron chi connectivity index (χ2n) is 4.00. The van der Waals surface area contributed by atoms with Gasteiger partial charge in [-0.2, -0.15) is 0 Å². The summed E-state index contributed by atoms with van der Waals surface area (Å²) in [5.74, 6) is 0.0326. The number of rotatable bonds is 2. The Morgan fingerprint density at radius 3 is 2.69 bits per heavy atom. The van der Waals surface area contributed by atoms with Gasteiger partial charge in [0.25, 0.3) is 0 Å². The van der Waals surface area contributed by atoms with E-state index < -0.39 is 0 Å². The lowest BCUT2D eigenvalue weighted by molar-refractivity contribution is -0.127. The fraction of sp³-hybridized carbons (Fsp3) is 0.900. The summed E-state index contributed by atoms with van der Waals surface area (Å²) in [7, 11) is 0. The van der Waals surface area contributed by atoms with E-state index in [1.165, 1.54) is 0 Å². The van der Waals surface area contributed by atoms with Crippen molar-refractivity contribution < 1.29 is 14.3 Å². The van der Waals surface area contributed by atoms with Gasteiger partial charge in [-0.25, -0.2) is 0 Å². The van der Waals surface area contributed by atoms with E-state index in [-0.39, 0.29) is 30.4 Å². The van der Waals surface area contributed by atoms with Gasteiger partial charge in [0.2, 0.25) is 5.91 Å². The molecule has 2 saturated heterocycles. The molecule has 2 aliphatic heterocycles. The van der Waals surface area contributed by atoms with Crippen LogP contribution in [-0.4, -0.2) is 51.0 Å². The molecule has 0 aromatic rings. The number of carbonyl (C=O) groups is 1. The predicted octanol–water partition coefficient (Wildman–Crippen LogP) is -0.308. The lowest BCUT2D eigenvalue weighted by atomic mass is 10.1. The van der Waals surface area contributed by atoms with Crippen molar-refractivity contribution in [1.29, 1.82) is 0 Å². The van der Waals surface area contributed by atoms with Gasteiger partial charge in [0, 0.05) is 13.2 Å². The Labute approximate surface area is 102 Å². The molecular weight excluding hydrogens is 232 g/mol. The molecule has 6 heteroatoms. The van der Waals surface area contributed by atoms with Crippen LogP contribution in [0, 0.1) is 0 Å². The van der Waals surface area contributed by atoms with Crippen LogP contribution in [-0.2, 0) is 14.3 Å². The highest BCUT2D eigenvalue weighted by Crippen LogP contribution is 2.06. The average molecular weight is 251 g/mol. The molecule has 94 valence electrons. The van der Waals surface area contributed by atoms with Crippen LogP contribution < -0.4 is 10.6 Å². The van der Waals surface area contributed by atoms with Crippen molar-refractivity contribution in [2.75, 3.05) is 33.0 Å². The zero-order valence-corrected chi connectivity index (χ0v) is 10.1. The highest BCUT2D eigenvalue weighted by molar-refractivity contribution is 5.85. The molecule has 2 heterocycles. The third-order valence-corrected chi connectivity index (χ3v) is 2.74. The van der Waals surface area contributed by atoms with Crippen LogP contribution in [0.2, 0.25) is 0 Å². The smallest absolute Gasteiger partial charge is 0.239 e. The van der Waals surface area contributed by atoms with E-state index in [1.807, 2.05) is 0 Å². The molecule has 0 bridgehead atoms. The number of halogens is 1. The van der Waals surface area contributed by atoms with Crippen molar-refractivity contribution in [3.05, 3.63) is 0 Å². The number of morpholine rings is 1. The zero-order chi connectivity index (χ0) is 10.5. The molecule has 0 radical (unpaired) electrons. The van der Waals surface area contributed by atoms with Gasteiger partial charge in [-0.3, -0.25) is 4.79 Å². The summed E-state index contributed by atoms with van der Waals surface area (Å²) < 4.78 is 10.5. The van der Waals surface area contributed by atoms with Gasteiger partial charge in [0.15, 0.2) is 0 Å². The fourth-order valence-electron chi connectivity index (χ4n) is 1.89. The number of nitrogens with one attached hydrogen (secondary N) is 2. The summed E-state index contributed by atoms with van der Waals surface area (Å²) in [6.07, 6.45) is 2.04.